The molecule has 0 aliphatic heterocycles. The predicted molar refractivity (Wildman–Crippen MR) is 90.1 cm³/mol. The SMILES string of the molecule is Cc1nc(-c2ccccc2)ccc1C(=O)NNC(=O)c1ccc[nH]1. The highest BCUT2D eigenvalue weighted by atomic mass is 16.2. The number of hydrogen-bond donors (Lipinski definition) is 3. The van der Waals surface area contributed by atoms with Gasteiger partial charge in [0.05, 0.1) is 17.0 Å². The Morgan fingerprint density at radius 1 is 0.917 bits per heavy atom. The van der Waals surface area contributed by atoms with E-state index in [1.54, 1.807) is 37.4 Å². The molecule has 0 radical (unpaired) electrons. The Kier molecular flexibility index (Phi) is 4.38. The van der Waals surface area contributed by atoms with Crippen molar-refractivity contribution in [2.75, 3.05) is 0 Å². The number of aromatic nitrogens is 2. The molecule has 0 atom stereocenters. The molecule has 3 rings (SSSR count). The average Bonchev–Trinajstić information content (AvgIpc) is 3.15. The Morgan fingerprint density at radius 2 is 1.67 bits per heavy atom. The third-order valence-corrected chi connectivity index (χ3v) is 3.53. The fraction of sp³-hybridized carbons (Fsp3) is 0.0556. The zero-order valence-corrected chi connectivity index (χ0v) is 13.0. The van der Waals surface area contributed by atoms with E-state index in [0.717, 1.165) is 11.3 Å². The fourth-order valence-electron chi connectivity index (χ4n) is 2.29. The number of pyridine rings is 1. The Morgan fingerprint density at radius 3 is 2.33 bits per heavy atom. The van der Waals surface area contributed by atoms with E-state index in [1.807, 2.05) is 30.3 Å². The molecule has 2 amide bonds. The van der Waals surface area contributed by atoms with Crippen molar-refractivity contribution < 1.29 is 9.59 Å². The van der Waals surface area contributed by atoms with Gasteiger partial charge in [0, 0.05) is 11.8 Å². The van der Waals surface area contributed by atoms with E-state index in [-0.39, 0.29) is 0 Å². The van der Waals surface area contributed by atoms with E-state index in [1.165, 1.54) is 0 Å². The molecule has 24 heavy (non-hydrogen) atoms. The van der Waals surface area contributed by atoms with Gasteiger partial charge in [0.25, 0.3) is 11.8 Å². The van der Waals surface area contributed by atoms with E-state index in [0.29, 0.717) is 17.0 Å². The second kappa shape index (κ2) is 6.78. The van der Waals surface area contributed by atoms with Crippen molar-refractivity contribution >= 4 is 11.8 Å². The molecule has 6 heteroatoms. The van der Waals surface area contributed by atoms with Crippen LogP contribution in [-0.4, -0.2) is 21.8 Å². The molecule has 1 aromatic carbocycles. The molecule has 0 saturated carbocycles. The average molecular weight is 320 g/mol. The number of benzene rings is 1. The molecule has 0 aliphatic carbocycles. The number of carbonyl (C=O) groups excluding carboxylic acids is 2. The molecular weight excluding hydrogens is 304 g/mol. The summed E-state index contributed by atoms with van der Waals surface area (Å²) in [7, 11) is 0. The van der Waals surface area contributed by atoms with Gasteiger partial charge in [-0.2, -0.15) is 0 Å². The van der Waals surface area contributed by atoms with Gasteiger partial charge < -0.3 is 4.98 Å². The minimum atomic E-state index is -0.417. The molecule has 120 valence electrons. The number of hydrogen-bond acceptors (Lipinski definition) is 3. The van der Waals surface area contributed by atoms with Crippen molar-refractivity contribution in [2.24, 2.45) is 0 Å². The molecule has 0 bridgehead atoms. The van der Waals surface area contributed by atoms with Crippen molar-refractivity contribution in [2.45, 2.75) is 6.92 Å². The highest BCUT2D eigenvalue weighted by molar-refractivity contribution is 5.99. The van der Waals surface area contributed by atoms with Gasteiger partial charge >= 0.3 is 0 Å². The van der Waals surface area contributed by atoms with E-state index >= 15 is 0 Å². The third-order valence-electron chi connectivity index (χ3n) is 3.53. The first kappa shape index (κ1) is 15.5. The Hall–Kier alpha value is -3.41. The second-order valence-electron chi connectivity index (χ2n) is 5.19. The highest BCUT2D eigenvalue weighted by Gasteiger charge is 2.13. The van der Waals surface area contributed by atoms with Crippen LogP contribution in [0.15, 0.2) is 60.8 Å². The quantitative estimate of drug-likeness (QED) is 0.648. The first-order valence-electron chi connectivity index (χ1n) is 7.42. The van der Waals surface area contributed by atoms with Crippen LogP contribution in [0.5, 0.6) is 0 Å². The Labute approximate surface area is 138 Å². The van der Waals surface area contributed by atoms with Gasteiger partial charge in [-0.1, -0.05) is 30.3 Å². The summed E-state index contributed by atoms with van der Waals surface area (Å²) < 4.78 is 0. The molecule has 3 N–H and O–H groups in total. The lowest BCUT2D eigenvalue weighted by Crippen LogP contribution is -2.42. The molecule has 0 aliphatic rings. The first-order chi connectivity index (χ1) is 11.6. The van der Waals surface area contributed by atoms with Crippen LogP contribution in [0.4, 0.5) is 0 Å². The number of H-pyrrole nitrogens is 1. The van der Waals surface area contributed by atoms with Gasteiger partial charge in [0.1, 0.15) is 5.69 Å². The summed E-state index contributed by atoms with van der Waals surface area (Å²) in [5.41, 5.74) is 7.87. The van der Waals surface area contributed by atoms with Crippen LogP contribution in [0.25, 0.3) is 11.3 Å². The fourth-order valence-corrected chi connectivity index (χ4v) is 2.29. The van der Waals surface area contributed by atoms with Crippen LogP contribution >= 0.6 is 0 Å². The number of rotatable bonds is 3. The molecule has 3 aromatic rings. The van der Waals surface area contributed by atoms with Crippen molar-refractivity contribution in [3.8, 4) is 11.3 Å². The maximum absolute atomic E-state index is 12.2. The zero-order chi connectivity index (χ0) is 16.9. The van der Waals surface area contributed by atoms with Gasteiger partial charge in [-0.3, -0.25) is 25.4 Å². The zero-order valence-electron chi connectivity index (χ0n) is 13.0. The van der Waals surface area contributed by atoms with E-state index in [4.69, 9.17) is 0 Å². The molecule has 2 heterocycles. The Balaban J connectivity index is 1.70. The molecule has 0 fully saturated rings. The number of hydrazine groups is 1. The van der Waals surface area contributed by atoms with Crippen LogP contribution in [0.2, 0.25) is 0 Å². The summed E-state index contributed by atoms with van der Waals surface area (Å²) in [6.07, 6.45) is 1.63. The van der Waals surface area contributed by atoms with Crippen molar-refractivity contribution in [3.63, 3.8) is 0 Å². The standard InChI is InChI=1S/C18H16N4O2/c1-12-14(9-10-15(20-12)13-6-3-2-4-7-13)17(23)21-22-18(24)16-8-5-11-19-16/h2-11,19H,1H3,(H,21,23)(H,22,24). The number of aromatic amines is 1. The van der Waals surface area contributed by atoms with E-state index in [2.05, 4.69) is 20.8 Å². The Bertz CT molecular complexity index is 858. The molecular formula is C18H16N4O2. The molecule has 0 unspecified atom stereocenters. The monoisotopic (exact) mass is 320 g/mol. The third kappa shape index (κ3) is 3.33. The van der Waals surface area contributed by atoms with Gasteiger partial charge in [-0.25, -0.2) is 0 Å². The molecule has 0 saturated heterocycles. The van der Waals surface area contributed by atoms with Crippen LogP contribution in [0.1, 0.15) is 26.5 Å². The number of nitrogens with one attached hydrogen (secondary N) is 3. The van der Waals surface area contributed by atoms with Crippen LogP contribution < -0.4 is 10.9 Å². The molecule has 0 spiro atoms. The van der Waals surface area contributed by atoms with Crippen LogP contribution in [-0.2, 0) is 0 Å². The summed E-state index contributed by atoms with van der Waals surface area (Å²) in [5, 5.41) is 0. The number of aryl methyl sites for hydroxylation is 1. The summed E-state index contributed by atoms with van der Waals surface area (Å²) in [6.45, 7) is 1.76. The van der Waals surface area contributed by atoms with Crippen molar-refractivity contribution in [1.29, 1.82) is 0 Å². The summed E-state index contributed by atoms with van der Waals surface area (Å²) in [6, 6.07) is 16.5. The van der Waals surface area contributed by atoms with Crippen molar-refractivity contribution in [3.05, 3.63) is 77.7 Å². The summed E-state index contributed by atoms with van der Waals surface area (Å²) >= 11 is 0. The van der Waals surface area contributed by atoms with Gasteiger partial charge in [0.15, 0.2) is 0 Å². The lowest BCUT2D eigenvalue weighted by Gasteiger charge is -2.09. The van der Waals surface area contributed by atoms with Gasteiger partial charge in [-0.15, -0.1) is 0 Å². The number of nitrogens with zero attached hydrogens (tertiary/aromatic N) is 1. The highest BCUT2D eigenvalue weighted by Crippen LogP contribution is 2.18. The first-order valence-corrected chi connectivity index (χ1v) is 7.42. The summed E-state index contributed by atoms with van der Waals surface area (Å²) in [5.74, 6) is -0.834. The molecule has 6 nitrogen and oxygen atoms in total. The normalized spacial score (nSPS) is 10.2. The lowest BCUT2D eigenvalue weighted by atomic mass is 10.1. The smallest absolute Gasteiger partial charge is 0.286 e. The summed E-state index contributed by atoms with van der Waals surface area (Å²) in [4.78, 5) is 31.2. The molecule has 2 aromatic heterocycles. The number of amides is 2. The maximum atomic E-state index is 12.2. The minimum absolute atomic E-state index is 0.365. The van der Waals surface area contributed by atoms with E-state index in [9.17, 15) is 9.59 Å². The van der Waals surface area contributed by atoms with Crippen molar-refractivity contribution in [1.82, 2.24) is 20.8 Å². The topological polar surface area (TPSA) is 86.9 Å². The lowest BCUT2D eigenvalue weighted by molar-refractivity contribution is 0.0843. The second-order valence-corrected chi connectivity index (χ2v) is 5.19. The minimum Gasteiger partial charge on any atom is -0.357 e. The maximum Gasteiger partial charge on any atom is 0.286 e. The largest absolute Gasteiger partial charge is 0.357 e. The van der Waals surface area contributed by atoms with E-state index < -0.39 is 11.8 Å². The predicted octanol–water partition coefficient (Wildman–Crippen LogP) is 2.46. The number of carbonyl (C=O) groups is 2. The van der Waals surface area contributed by atoms with Gasteiger partial charge in [0.2, 0.25) is 0 Å². The van der Waals surface area contributed by atoms with Crippen LogP contribution in [0.3, 0.4) is 0 Å². The van der Waals surface area contributed by atoms with Gasteiger partial charge in [-0.05, 0) is 31.2 Å². The van der Waals surface area contributed by atoms with Crippen LogP contribution in [0, 0.1) is 6.92 Å².